The summed E-state index contributed by atoms with van der Waals surface area (Å²) in [5.74, 6) is 1.85. The van der Waals surface area contributed by atoms with Crippen molar-refractivity contribution in [3.63, 3.8) is 0 Å². The summed E-state index contributed by atoms with van der Waals surface area (Å²) in [4.78, 5) is 17.1. The molecule has 0 bridgehead atoms. The number of thioether (sulfide) groups is 1. The van der Waals surface area contributed by atoms with Crippen LogP contribution in [0.2, 0.25) is 0 Å². The highest BCUT2D eigenvalue weighted by Crippen LogP contribution is 2.35. The quantitative estimate of drug-likeness (QED) is 0.350. The van der Waals surface area contributed by atoms with E-state index in [1.54, 1.807) is 7.11 Å². The van der Waals surface area contributed by atoms with E-state index < -0.39 is 0 Å². The summed E-state index contributed by atoms with van der Waals surface area (Å²) in [5, 5.41) is 12.0. The van der Waals surface area contributed by atoms with Crippen LogP contribution in [0.25, 0.3) is 22.8 Å². The Balaban J connectivity index is 1.53. The van der Waals surface area contributed by atoms with E-state index in [4.69, 9.17) is 15.0 Å². The highest BCUT2D eigenvalue weighted by Gasteiger charge is 2.24. The molecule has 10 heteroatoms. The third-order valence-corrected chi connectivity index (χ3v) is 5.97. The highest BCUT2D eigenvalue weighted by atomic mass is 32.2. The average molecular weight is 479 g/mol. The van der Waals surface area contributed by atoms with Crippen LogP contribution >= 0.6 is 11.8 Å². The fourth-order valence-corrected chi connectivity index (χ4v) is 3.96. The van der Waals surface area contributed by atoms with Crippen molar-refractivity contribution in [2.24, 2.45) is 0 Å². The van der Waals surface area contributed by atoms with Crippen molar-refractivity contribution in [3.05, 3.63) is 54.1 Å². The Morgan fingerprint density at radius 3 is 2.50 bits per heavy atom. The Labute approximate surface area is 201 Å². The number of amides is 1. The van der Waals surface area contributed by atoms with Crippen LogP contribution in [0.5, 0.6) is 5.75 Å². The van der Waals surface area contributed by atoms with E-state index in [2.05, 4.69) is 34.4 Å². The van der Waals surface area contributed by atoms with Gasteiger partial charge in [-0.1, -0.05) is 31.1 Å². The average Bonchev–Trinajstić information content (AvgIpc) is 3.44. The molecular formula is C24H26N6O3S. The van der Waals surface area contributed by atoms with E-state index in [1.807, 2.05) is 54.8 Å². The van der Waals surface area contributed by atoms with Crippen LogP contribution in [0.1, 0.15) is 25.3 Å². The number of nitrogens with two attached hydrogens (primary N) is 1. The van der Waals surface area contributed by atoms with Gasteiger partial charge in [-0.15, -0.1) is 11.8 Å². The summed E-state index contributed by atoms with van der Waals surface area (Å²) >= 11 is 1.38. The lowest BCUT2D eigenvalue weighted by Crippen LogP contribution is -2.20. The second-order valence-corrected chi connectivity index (χ2v) is 8.70. The molecule has 34 heavy (non-hydrogen) atoms. The molecule has 1 amide bonds. The lowest BCUT2D eigenvalue weighted by molar-refractivity contribution is -0.116. The molecule has 2 heterocycles. The summed E-state index contributed by atoms with van der Waals surface area (Å²) in [6.45, 7) is 4.20. The van der Waals surface area contributed by atoms with E-state index >= 15 is 0 Å². The third kappa shape index (κ3) is 4.91. The van der Waals surface area contributed by atoms with Crippen molar-refractivity contribution in [1.29, 1.82) is 0 Å². The molecule has 0 aliphatic heterocycles. The molecule has 0 aliphatic rings. The van der Waals surface area contributed by atoms with Crippen molar-refractivity contribution in [1.82, 2.24) is 19.9 Å². The van der Waals surface area contributed by atoms with E-state index in [-0.39, 0.29) is 24.2 Å². The molecule has 2 aromatic carbocycles. The van der Waals surface area contributed by atoms with Crippen LogP contribution in [0.4, 0.5) is 11.5 Å². The van der Waals surface area contributed by atoms with Crippen LogP contribution in [0.3, 0.4) is 0 Å². The monoisotopic (exact) mass is 478 g/mol. The van der Waals surface area contributed by atoms with Gasteiger partial charge >= 0.3 is 0 Å². The fourth-order valence-electron chi connectivity index (χ4n) is 3.39. The largest absolute Gasteiger partial charge is 0.497 e. The van der Waals surface area contributed by atoms with E-state index in [0.29, 0.717) is 28.0 Å². The number of ether oxygens (including phenoxy) is 1. The minimum Gasteiger partial charge on any atom is -0.497 e. The molecule has 176 valence electrons. The van der Waals surface area contributed by atoms with Crippen LogP contribution < -0.4 is 15.8 Å². The second kappa shape index (κ2) is 10.0. The summed E-state index contributed by atoms with van der Waals surface area (Å²) < 4.78 is 12.1. The summed E-state index contributed by atoms with van der Waals surface area (Å²) in [5.41, 5.74) is 9.56. The van der Waals surface area contributed by atoms with Crippen LogP contribution in [-0.4, -0.2) is 39.2 Å². The first kappa shape index (κ1) is 23.4. The van der Waals surface area contributed by atoms with Gasteiger partial charge in [-0.05, 0) is 54.1 Å². The highest BCUT2D eigenvalue weighted by molar-refractivity contribution is 7.98. The number of aromatic nitrogens is 4. The second-order valence-electron chi connectivity index (χ2n) is 7.90. The molecule has 3 N–H and O–H groups in total. The Morgan fingerprint density at radius 2 is 1.88 bits per heavy atom. The van der Waals surface area contributed by atoms with Crippen molar-refractivity contribution >= 4 is 29.2 Å². The Morgan fingerprint density at radius 1 is 1.18 bits per heavy atom. The van der Waals surface area contributed by atoms with E-state index in [9.17, 15) is 4.79 Å². The Bertz CT molecular complexity index is 1280. The lowest BCUT2D eigenvalue weighted by Gasteiger charge is -2.09. The maximum absolute atomic E-state index is 12.6. The number of carbonyl (C=O) groups excluding carboxylic acids is 1. The lowest BCUT2D eigenvalue weighted by atomic mass is 10.0. The maximum Gasteiger partial charge on any atom is 0.264 e. The van der Waals surface area contributed by atoms with Gasteiger partial charge in [0.15, 0.2) is 0 Å². The van der Waals surface area contributed by atoms with Crippen molar-refractivity contribution in [2.75, 3.05) is 24.4 Å². The molecule has 0 radical (unpaired) electrons. The van der Waals surface area contributed by atoms with Gasteiger partial charge in [-0.25, -0.2) is 4.68 Å². The van der Waals surface area contributed by atoms with E-state index in [0.717, 1.165) is 11.3 Å². The van der Waals surface area contributed by atoms with E-state index in [1.165, 1.54) is 22.0 Å². The van der Waals surface area contributed by atoms with Gasteiger partial charge in [0.2, 0.25) is 11.7 Å². The summed E-state index contributed by atoms with van der Waals surface area (Å²) in [7, 11) is 1.61. The minimum absolute atomic E-state index is 0.0508. The van der Waals surface area contributed by atoms with Gasteiger partial charge in [-0.3, -0.25) is 4.79 Å². The first-order valence-electron chi connectivity index (χ1n) is 10.7. The van der Waals surface area contributed by atoms with Gasteiger partial charge in [0.05, 0.1) is 7.11 Å². The molecule has 9 nitrogen and oxygen atoms in total. The number of rotatable bonds is 8. The first-order chi connectivity index (χ1) is 16.4. The van der Waals surface area contributed by atoms with Gasteiger partial charge < -0.3 is 20.3 Å². The molecule has 0 unspecified atom stereocenters. The van der Waals surface area contributed by atoms with Gasteiger partial charge in [0.25, 0.3) is 5.89 Å². The molecule has 0 fully saturated rings. The van der Waals surface area contributed by atoms with Crippen LogP contribution in [0.15, 0.2) is 58.1 Å². The zero-order chi connectivity index (χ0) is 24.2. The van der Waals surface area contributed by atoms with Gasteiger partial charge in [0.1, 0.15) is 28.7 Å². The molecule has 0 aliphatic carbocycles. The smallest absolute Gasteiger partial charge is 0.264 e. The van der Waals surface area contributed by atoms with Crippen LogP contribution in [-0.2, 0) is 11.3 Å². The SMILES string of the molecule is COc1ccc(-c2noc(-c3c(SC)nn(CC(=O)Nc4ccc(C(C)C)cc4)c3N)n2)cc1. The zero-order valence-corrected chi connectivity index (χ0v) is 20.2. The topological polar surface area (TPSA) is 121 Å². The van der Waals surface area contributed by atoms with Crippen molar-refractivity contribution in [3.8, 4) is 28.6 Å². The van der Waals surface area contributed by atoms with Crippen LogP contribution in [0, 0.1) is 0 Å². The number of nitrogens with one attached hydrogen (secondary N) is 1. The summed E-state index contributed by atoms with van der Waals surface area (Å²) in [6.07, 6.45) is 1.87. The fraction of sp³-hybridized carbons (Fsp3) is 0.250. The minimum atomic E-state index is -0.241. The number of carbonyl (C=O) groups is 1. The maximum atomic E-state index is 12.6. The number of benzene rings is 2. The molecular weight excluding hydrogens is 452 g/mol. The number of nitrogens with zero attached hydrogens (tertiary/aromatic N) is 4. The molecule has 0 saturated heterocycles. The number of anilines is 2. The number of nitrogen functional groups attached to an aromatic ring is 1. The Hall–Kier alpha value is -3.79. The van der Waals surface area contributed by atoms with Crippen molar-refractivity contribution in [2.45, 2.75) is 31.3 Å². The third-order valence-electron chi connectivity index (χ3n) is 5.30. The Kier molecular flexibility index (Phi) is 6.87. The number of hydrogen-bond donors (Lipinski definition) is 2. The predicted octanol–water partition coefficient (Wildman–Crippen LogP) is 4.67. The standard InChI is InChI=1S/C24H26N6O3S/c1-14(2)15-5-9-17(10-6-15)26-19(31)13-30-21(25)20(24(28-30)34-4)23-27-22(29-33-23)16-7-11-18(32-3)12-8-16/h5-12,14H,13,25H2,1-4H3,(H,26,31). The predicted molar refractivity (Wildman–Crippen MR) is 133 cm³/mol. The molecule has 0 atom stereocenters. The zero-order valence-electron chi connectivity index (χ0n) is 19.4. The molecule has 0 spiro atoms. The number of methoxy groups -OCH3 is 1. The molecule has 4 rings (SSSR count). The molecule has 0 saturated carbocycles. The first-order valence-corrected chi connectivity index (χ1v) is 11.9. The van der Waals surface area contributed by atoms with Crippen molar-refractivity contribution < 1.29 is 14.1 Å². The summed E-state index contributed by atoms with van der Waals surface area (Å²) in [6, 6.07) is 15.1. The molecule has 4 aromatic rings. The number of hydrogen-bond acceptors (Lipinski definition) is 8. The normalized spacial score (nSPS) is 11.1. The van der Waals surface area contributed by atoms with Gasteiger partial charge in [-0.2, -0.15) is 10.1 Å². The van der Waals surface area contributed by atoms with Gasteiger partial charge in [0, 0.05) is 11.3 Å². The molecule has 2 aromatic heterocycles.